The Hall–Kier alpha value is -1.71. The lowest BCUT2D eigenvalue weighted by molar-refractivity contribution is 0.0488. The molecule has 4 nitrogen and oxygen atoms in total. The minimum absolute atomic E-state index is 0.192. The number of carbonyl (C=O) groups excluding carboxylic acids is 1. The molecule has 0 bridgehead atoms. The molecule has 0 aliphatic carbocycles. The van der Waals surface area contributed by atoms with Crippen LogP contribution in [0.4, 0.5) is 10.5 Å². The van der Waals surface area contributed by atoms with Crippen LogP contribution < -0.4 is 5.73 Å². The molecule has 4 heteroatoms. The summed E-state index contributed by atoms with van der Waals surface area (Å²) in [6, 6.07) is 7.22. The summed E-state index contributed by atoms with van der Waals surface area (Å²) in [4.78, 5) is 11.2. The highest BCUT2D eigenvalue weighted by Crippen LogP contribution is 2.08. The summed E-state index contributed by atoms with van der Waals surface area (Å²) in [7, 11) is 0. The van der Waals surface area contributed by atoms with Gasteiger partial charge in [-0.2, -0.15) is 0 Å². The van der Waals surface area contributed by atoms with Crippen LogP contribution in [0.1, 0.15) is 31.7 Å². The van der Waals surface area contributed by atoms with E-state index in [0.717, 1.165) is 24.8 Å². The van der Waals surface area contributed by atoms with E-state index >= 15 is 0 Å². The average Bonchev–Trinajstić information content (AvgIpc) is 2.32. The molecule has 1 rings (SSSR count). The highest BCUT2D eigenvalue weighted by atomic mass is 16.7. The fourth-order valence-corrected chi connectivity index (χ4v) is 1.37. The van der Waals surface area contributed by atoms with E-state index in [2.05, 4.69) is 6.92 Å². The number of nitrogen functional groups attached to an aromatic ring is 1. The van der Waals surface area contributed by atoms with Crippen molar-refractivity contribution in [2.45, 2.75) is 32.8 Å². The van der Waals surface area contributed by atoms with Crippen molar-refractivity contribution in [2.75, 3.05) is 12.3 Å². The van der Waals surface area contributed by atoms with Crippen LogP contribution in [-0.4, -0.2) is 12.8 Å². The van der Waals surface area contributed by atoms with E-state index in [1.165, 1.54) is 0 Å². The van der Waals surface area contributed by atoms with Gasteiger partial charge in [0.15, 0.2) is 0 Å². The number of anilines is 1. The number of hydrogen-bond acceptors (Lipinski definition) is 4. The first-order chi connectivity index (χ1) is 8.22. The zero-order valence-corrected chi connectivity index (χ0v) is 10.1. The van der Waals surface area contributed by atoms with Crippen molar-refractivity contribution in [1.29, 1.82) is 0 Å². The monoisotopic (exact) mass is 237 g/mol. The van der Waals surface area contributed by atoms with Gasteiger partial charge in [0.05, 0.1) is 6.61 Å². The van der Waals surface area contributed by atoms with Crippen LogP contribution in [0.15, 0.2) is 24.3 Å². The number of rotatable bonds is 6. The molecular weight excluding hydrogens is 218 g/mol. The van der Waals surface area contributed by atoms with Crippen LogP contribution in [0.2, 0.25) is 0 Å². The van der Waals surface area contributed by atoms with Gasteiger partial charge in [0.25, 0.3) is 0 Å². The maximum atomic E-state index is 11.2. The summed E-state index contributed by atoms with van der Waals surface area (Å²) in [5, 5.41) is 0. The second kappa shape index (κ2) is 7.54. The average molecular weight is 237 g/mol. The number of benzene rings is 1. The summed E-state index contributed by atoms with van der Waals surface area (Å²) < 4.78 is 9.85. The fourth-order valence-electron chi connectivity index (χ4n) is 1.37. The van der Waals surface area contributed by atoms with Gasteiger partial charge < -0.3 is 15.2 Å². The fraction of sp³-hybridized carbons (Fsp3) is 0.462. The first-order valence-electron chi connectivity index (χ1n) is 5.86. The normalized spacial score (nSPS) is 9.94. The van der Waals surface area contributed by atoms with Crippen LogP contribution in [0.5, 0.6) is 0 Å². The SMILES string of the molecule is CCCCCOC(=O)OCc1cccc(N)c1. The molecule has 0 aliphatic rings. The quantitative estimate of drug-likeness (QED) is 0.469. The van der Waals surface area contributed by atoms with Crippen LogP contribution in [-0.2, 0) is 16.1 Å². The lowest BCUT2D eigenvalue weighted by atomic mass is 10.2. The summed E-state index contributed by atoms with van der Waals surface area (Å²) >= 11 is 0. The van der Waals surface area contributed by atoms with E-state index in [-0.39, 0.29) is 6.61 Å². The number of unbranched alkanes of at least 4 members (excludes halogenated alkanes) is 2. The topological polar surface area (TPSA) is 61.5 Å². The highest BCUT2D eigenvalue weighted by molar-refractivity contribution is 5.59. The number of hydrogen-bond donors (Lipinski definition) is 1. The Morgan fingerprint density at radius 1 is 1.29 bits per heavy atom. The van der Waals surface area contributed by atoms with Crippen LogP contribution >= 0.6 is 0 Å². The molecule has 0 saturated heterocycles. The van der Waals surface area contributed by atoms with Crippen molar-refractivity contribution in [3.63, 3.8) is 0 Å². The van der Waals surface area contributed by atoms with Crippen LogP contribution in [0.25, 0.3) is 0 Å². The maximum Gasteiger partial charge on any atom is 0.508 e. The minimum atomic E-state index is -0.622. The molecule has 0 unspecified atom stereocenters. The third-order valence-electron chi connectivity index (χ3n) is 2.28. The molecule has 2 N–H and O–H groups in total. The Bertz CT molecular complexity index is 352. The summed E-state index contributed by atoms with van der Waals surface area (Å²) in [6.07, 6.45) is 2.41. The molecule has 17 heavy (non-hydrogen) atoms. The molecule has 0 aliphatic heterocycles. The third kappa shape index (κ3) is 5.80. The molecule has 0 atom stereocenters. The molecule has 1 aromatic rings. The van der Waals surface area contributed by atoms with Gasteiger partial charge >= 0.3 is 6.16 Å². The van der Waals surface area contributed by atoms with Gasteiger partial charge in [0, 0.05) is 5.69 Å². The second-order valence-electron chi connectivity index (χ2n) is 3.84. The first-order valence-corrected chi connectivity index (χ1v) is 5.86. The molecule has 0 aromatic heterocycles. The van der Waals surface area contributed by atoms with E-state index in [9.17, 15) is 4.79 Å². The lowest BCUT2D eigenvalue weighted by Gasteiger charge is -2.06. The smallest absolute Gasteiger partial charge is 0.434 e. The van der Waals surface area contributed by atoms with E-state index in [1.807, 2.05) is 12.1 Å². The first kappa shape index (κ1) is 13.4. The third-order valence-corrected chi connectivity index (χ3v) is 2.28. The minimum Gasteiger partial charge on any atom is -0.434 e. The summed E-state index contributed by atoms with van der Waals surface area (Å²) in [6.45, 7) is 2.71. The van der Waals surface area contributed by atoms with Gasteiger partial charge in [-0.25, -0.2) is 4.79 Å². The highest BCUT2D eigenvalue weighted by Gasteiger charge is 2.03. The van der Waals surface area contributed by atoms with Gasteiger partial charge in [-0.3, -0.25) is 0 Å². The Morgan fingerprint density at radius 3 is 2.82 bits per heavy atom. The molecule has 0 radical (unpaired) electrons. The zero-order valence-electron chi connectivity index (χ0n) is 10.1. The predicted molar refractivity (Wildman–Crippen MR) is 66.5 cm³/mol. The molecule has 0 heterocycles. The Kier molecular flexibility index (Phi) is 5.93. The molecule has 0 fully saturated rings. The standard InChI is InChI=1S/C13H19NO3/c1-2-3-4-8-16-13(15)17-10-11-6-5-7-12(14)9-11/h5-7,9H,2-4,8,10,14H2,1H3. The van der Waals surface area contributed by atoms with Crippen molar-refractivity contribution in [3.8, 4) is 0 Å². The Morgan fingerprint density at radius 2 is 2.12 bits per heavy atom. The van der Waals surface area contributed by atoms with Crippen molar-refractivity contribution < 1.29 is 14.3 Å². The lowest BCUT2D eigenvalue weighted by Crippen LogP contribution is -2.08. The largest absolute Gasteiger partial charge is 0.508 e. The van der Waals surface area contributed by atoms with E-state index < -0.39 is 6.16 Å². The number of ether oxygens (including phenoxy) is 2. The molecule has 0 saturated carbocycles. The Labute approximate surface area is 102 Å². The summed E-state index contributed by atoms with van der Waals surface area (Å²) in [5.74, 6) is 0. The molecule has 0 spiro atoms. The van der Waals surface area contributed by atoms with Gasteiger partial charge in [-0.1, -0.05) is 31.9 Å². The van der Waals surface area contributed by atoms with Gasteiger partial charge in [0.2, 0.25) is 0 Å². The Balaban J connectivity index is 2.19. The van der Waals surface area contributed by atoms with Crippen molar-refractivity contribution in [1.82, 2.24) is 0 Å². The van der Waals surface area contributed by atoms with E-state index in [4.69, 9.17) is 15.2 Å². The molecule has 0 amide bonds. The predicted octanol–water partition coefficient (Wildman–Crippen LogP) is 3.11. The second-order valence-corrected chi connectivity index (χ2v) is 3.84. The number of carbonyl (C=O) groups is 1. The summed E-state index contributed by atoms with van der Waals surface area (Å²) in [5.41, 5.74) is 7.12. The van der Waals surface area contributed by atoms with Gasteiger partial charge in [-0.05, 0) is 24.1 Å². The van der Waals surface area contributed by atoms with Crippen molar-refractivity contribution in [2.24, 2.45) is 0 Å². The van der Waals surface area contributed by atoms with Crippen molar-refractivity contribution in [3.05, 3.63) is 29.8 Å². The molecular formula is C13H19NO3. The molecule has 94 valence electrons. The van der Waals surface area contributed by atoms with Gasteiger partial charge in [-0.15, -0.1) is 0 Å². The number of nitrogens with two attached hydrogens (primary N) is 1. The zero-order chi connectivity index (χ0) is 12.5. The van der Waals surface area contributed by atoms with E-state index in [1.54, 1.807) is 12.1 Å². The van der Waals surface area contributed by atoms with Crippen molar-refractivity contribution >= 4 is 11.8 Å². The van der Waals surface area contributed by atoms with Crippen LogP contribution in [0, 0.1) is 0 Å². The maximum absolute atomic E-state index is 11.2. The van der Waals surface area contributed by atoms with E-state index in [0.29, 0.717) is 12.3 Å². The van der Waals surface area contributed by atoms with Crippen LogP contribution in [0.3, 0.4) is 0 Å². The van der Waals surface area contributed by atoms with Gasteiger partial charge in [0.1, 0.15) is 6.61 Å². The molecule has 1 aromatic carbocycles.